The molecule has 0 atom stereocenters. The lowest BCUT2D eigenvalue weighted by Gasteiger charge is -2.07. The van der Waals surface area contributed by atoms with Gasteiger partial charge in [-0.3, -0.25) is 9.78 Å². The molecule has 3 aromatic rings. The van der Waals surface area contributed by atoms with Crippen molar-refractivity contribution in [1.82, 2.24) is 4.98 Å². The molecular weight excluding hydrogens is 320 g/mol. The molecule has 0 aliphatic rings. The molecule has 0 saturated carbocycles. The number of nitrogens with one attached hydrogen (secondary N) is 1. The highest BCUT2D eigenvalue weighted by Gasteiger charge is 2.08. The number of carbonyl (C=O) groups is 1. The van der Waals surface area contributed by atoms with Crippen LogP contribution in [0, 0.1) is 0 Å². The number of nitrogens with zero attached hydrogens (tertiary/aromatic N) is 1. The monoisotopic (exact) mass is 336 g/mol. The van der Waals surface area contributed by atoms with Crippen LogP contribution in [0.2, 0.25) is 5.02 Å². The standard InChI is InChI=1S/C20H17ClN2O/c1-2-14-5-11-17(12-6-14)23-20(24)16-9-7-15(8-10-16)19-18(21)4-3-13-22-19/h3-13H,2H2,1H3,(H,23,24). The molecule has 24 heavy (non-hydrogen) atoms. The second-order valence-corrected chi connectivity index (χ2v) is 5.82. The highest BCUT2D eigenvalue weighted by Crippen LogP contribution is 2.25. The maximum atomic E-state index is 12.3. The predicted molar refractivity (Wildman–Crippen MR) is 98.5 cm³/mol. The van der Waals surface area contributed by atoms with Gasteiger partial charge in [0.2, 0.25) is 0 Å². The molecule has 0 spiro atoms. The molecule has 0 unspecified atom stereocenters. The number of benzene rings is 2. The number of halogens is 1. The molecule has 0 aliphatic heterocycles. The third-order valence-corrected chi connectivity index (χ3v) is 4.10. The number of pyridine rings is 1. The zero-order valence-electron chi connectivity index (χ0n) is 13.3. The lowest BCUT2D eigenvalue weighted by molar-refractivity contribution is 0.102. The summed E-state index contributed by atoms with van der Waals surface area (Å²) in [6, 6.07) is 18.7. The van der Waals surface area contributed by atoms with Gasteiger partial charge in [0.25, 0.3) is 5.91 Å². The zero-order valence-corrected chi connectivity index (χ0v) is 14.0. The second kappa shape index (κ2) is 7.28. The Labute approximate surface area is 146 Å². The average Bonchev–Trinajstić information content (AvgIpc) is 2.63. The molecule has 0 saturated heterocycles. The summed E-state index contributed by atoms with van der Waals surface area (Å²) in [6.07, 6.45) is 2.67. The summed E-state index contributed by atoms with van der Waals surface area (Å²) >= 11 is 6.15. The second-order valence-electron chi connectivity index (χ2n) is 5.42. The molecule has 0 radical (unpaired) electrons. The van der Waals surface area contributed by atoms with E-state index in [9.17, 15) is 4.79 Å². The van der Waals surface area contributed by atoms with E-state index in [-0.39, 0.29) is 5.91 Å². The molecule has 1 heterocycles. The van der Waals surface area contributed by atoms with Crippen LogP contribution in [0.3, 0.4) is 0 Å². The largest absolute Gasteiger partial charge is 0.322 e. The van der Waals surface area contributed by atoms with Crippen molar-refractivity contribution in [3.8, 4) is 11.3 Å². The van der Waals surface area contributed by atoms with E-state index in [0.29, 0.717) is 16.3 Å². The van der Waals surface area contributed by atoms with Crippen molar-refractivity contribution in [3.05, 3.63) is 83.0 Å². The molecule has 3 nitrogen and oxygen atoms in total. The predicted octanol–water partition coefficient (Wildman–Crippen LogP) is 5.22. The Balaban J connectivity index is 1.75. The molecule has 0 aliphatic carbocycles. The summed E-state index contributed by atoms with van der Waals surface area (Å²) in [4.78, 5) is 16.6. The molecule has 2 aromatic carbocycles. The Morgan fingerprint density at radius 1 is 1.04 bits per heavy atom. The summed E-state index contributed by atoms with van der Waals surface area (Å²) in [5.74, 6) is -0.141. The average molecular weight is 337 g/mol. The van der Waals surface area contributed by atoms with E-state index in [1.165, 1.54) is 5.56 Å². The zero-order chi connectivity index (χ0) is 16.9. The number of amides is 1. The van der Waals surface area contributed by atoms with Crippen LogP contribution in [0.15, 0.2) is 66.9 Å². The molecule has 3 rings (SSSR count). The summed E-state index contributed by atoms with van der Waals surface area (Å²) in [5.41, 5.74) is 4.20. The molecule has 1 aromatic heterocycles. The number of aromatic nitrogens is 1. The summed E-state index contributed by atoms with van der Waals surface area (Å²) in [7, 11) is 0. The fraction of sp³-hybridized carbons (Fsp3) is 0.100. The topological polar surface area (TPSA) is 42.0 Å². The Morgan fingerprint density at radius 2 is 1.75 bits per heavy atom. The van der Waals surface area contributed by atoms with Crippen molar-refractivity contribution < 1.29 is 4.79 Å². The summed E-state index contributed by atoms with van der Waals surface area (Å²) in [6.45, 7) is 2.10. The third-order valence-electron chi connectivity index (χ3n) is 3.80. The molecular formula is C20H17ClN2O. The Morgan fingerprint density at radius 3 is 2.38 bits per heavy atom. The van der Waals surface area contributed by atoms with Crippen LogP contribution in [-0.2, 0) is 6.42 Å². The number of aryl methyl sites for hydroxylation is 1. The number of anilines is 1. The minimum absolute atomic E-state index is 0.141. The normalized spacial score (nSPS) is 10.4. The molecule has 4 heteroatoms. The Bertz CT molecular complexity index is 842. The first kappa shape index (κ1) is 16.2. The van der Waals surface area contributed by atoms with Gasteiger partial charge >= 0.3 is 0 Å². The van der Waals surface area contributed by atoms with Crippen LogP contribution in [0.5, 0.6) is 0 Å². The molecule has 120 valence electrons. The van der Waals surface area contributed by atoms with Crippen LogP contribution in [0.1, 0.15) is 22.8 Å². The van der Waals surface area contributed by atoms with Gasteiger partial charge in [-0.2, -0.15) is 0 Å². The smallest absolute Gasteiger partial charge is 0.255 e. The van der Waals surface area contributed by atoms with Crippen molar-refractivity contribution >= 4 is 23.2 Å². The fourth-order valence-corrected chi connectivity index (χ4v) is 2.64. The Hall–Kier alpha value is -2.65. The maximum Gasteiger partial charge on any atom is 0.255 e. The molecule has 0 fully saturated rings. The lowest BCUT2D eigenvalue weighted by atomic mass is 10.1. The van der Waals surface area contributed by atoms with E-state index in [1.54, 1.807) is 30.5 Å². The first-order chi connectivity index (χ1) is 11.7. The highest BCUT2D eigenvalue weighted by atomic mass is 35.5. The van der Waals surface area contributed by atoms with Crippen LogP contribution in [0.25, 0.3) is 11.3 Å². The minimum Gasteiger partial charge on any atom is -0.322 e. The van der Waals surface area contributed by atoms with Crippen molar-refractivity contribution in [2.24, 2.45) is 0 Å². The maximum absolute atomic E-state index is 12.3. The van der Waals surface area contributed by atoms with Crippen molar-refractivity contribution in [1.29, 1.82) is 0 Å². The Kier molecular flexibility index (Phi) is 4.92. The van der Waals surface area contributed by atoms with Gasteiger partial charge in [-0.1, -0.05) is 42.8 Å². The van der Waals surface area contributed by atoms with E-state index >= 15 is 0 Å². The van der Waals surface area contributed by atoms with Crippen molar-refractivity contribution in [2.45, 2.75) is 13.3 Å². The van der Waals surface area contributed by atoms with E-state index < -0.39 is 0 Å². The molecule has 1 amide bonds. The lowest BCUT2D eigenvalue weighted by Crippen LogP contribution is -2.11. The van der Waals surface area contributed by atoms with Crippen molar-refractivity contribution in [3.63, 3.8) is 0 Å². The summed E-state index contributed by atoms with van der Waals surface area (Å²) in [5, 5.41) is 3.49. The summed E-state index contributed by atoms with van der Waals surface area (Å²) < 4.78 is 0. The third kappa shape index (κ3) is 3.63. The van der Waals surface area contributed by atoms with Gasteiger partial charge in [-0.25, -0.2) is 0 Å². The highest BCUT2D eigenvalue weighted by molar-refractivity contribution is 6.33. The van der Waals surface area contributed by atoms with Gasteiger partial charge < -0.3 is 5.32 Å². The van der Waals surface area contributed by atoms with Gasteiger partial charge in [0.1, 0.15) is 0 Å². The van der Waals surface area contributed by atoms with Crippen LogP contribution in [0.4, 0.5) is 5.69 Å². The van der Waals surface area contributed by atoms with Crippen LogP contribution >= 0.6 is 11.6 Å². The SMILES string of the molecule is CCc1ccc(NC(=O)c2ccc(-c3ncccc3Cl)cc2)cc1. The number of carbonyl (C=O) groups excluding carboxylic acids is 1. The molecule has 0 bridgehead atoms. The number of rotatable bonds is 4. The van der Waals surface area contributed by atoms with Gasteiger partial charge in [0.05, 0.1) is 10.7 Å². The van der Waals surface area contributed by atoms with E-state index in [2.05, 4.69) is 17.2 Å². The fourth-order valence-electron chi connectivity index (χ4n) is 2.40. The van der Waals surface area contributed by atoms with Crippen LogP contribution in [-0.4, -0.2) is 10.9 Å². The minimum atomic E-state index is -0.141. The van der Waals surface area contributed by atoms with E-state index in [4.69, 9.17) is 11.6 Å². The molecule has 1 N–H and O–H groups in total. The van der Waals surface area contributed by atoms with Crippen molar-refractivity contribution in [2.75, 3.05) is 5.32 Å². The quantitative estimate of drug-likeness (QED) is 0.710. The van der Waals surface area contributed by atoms with Gasteiger partial charge in [-0.05, 0) is 48.4 Å². The first-order valence-electron chi connectivity index (χ1n) is 7.78. The number of hydrogen-bond acceptors (Lipinski definition) is 2. The first-order valence-corrected chi connectivity index (χ1v) is 8.16. The number of hydrogen-bond donors (Lipinski definition) is 1. The van der Waals surface area contributed by atoms with Gasteiger partial charge in [0, 0.05) is 23.0 Å². The van der Waals surface area contributed by atoms with Gasteiger partial charge in [0.15, 0.2) is 0 Å². The van der Waals surface area contributed by atoms with E-state index in [0.717, 1.165) is 17.7 Å². The van der Waals surface area contributed by atoms with E-state index in [1.807, 2.05) is 36.4 Å². The van der Waals surface area contributed by atoms with Crippen LogP contribution < -0.4 is 5.32 Å². The van der Waals surface area contributed by atoms with Gasteiger partial charge in [-0.15, -0.1) is 0 Å².